The van der Waals surface area contributed by atoms with Crippen molar-refractivity contribution in [2.45, 2.75) is 59.3 Å². The molecule has 0 aliphatic carbocycles. The van der Waals surface area contributed by atoms with Crippen molar-refractivity contribution in [3.05, 3.63) is 17.5 Å². The molecule has 0 unspecified atom stereocenters. The number of hydrogen-bond acceptors (Lipinski definition) is 4. The third-order valence-electron chi connectivity index (χ3n) is 3.22. The third kappa shape index (κ3) is 7.06. The molecule has 1 aromatic rings. The van der Waals surface area contributed by atoms with E-state index in [-0.39, 0.29) is 5.91 Å². The molecule has 0 bridgehead atoms. The van der Waals surface area contributed by atoms with Crippen molar-refractivity contribution in [3.63, 3.8) is 0 Å². The Balaban J connectivity index is 2.53. The van der Waals surface area contributed by atoms with Crippen molar-refractivity contribution in [2.75, 3.05) is 18.4 Å². The molecule has 1 aromatic heterocycles. The van der Waals surface area contributed by atoms with Crippen LogP contribution in [0.4, 0.5) is 5.95 Å². The standard InChI is InChI=1S/C16H28N4O/c1-4-6-8-10-17-15(21)14-12-13(3)19-16(20-14)18-11-9-7-5-2/h12H,4-11H2,1-3H3,(H,17,21)(H,18,19,20). The summed E-state index contributed by atoms with van der Waals surface area (Å²) in [5.74, 6) is 0.429. The van der Waals surface area contributed by atoms with Gasteiger partial charge in [0.25, 0.3) is 5.91 Å². The summed E-state index contributed by atoms with van der Waals surface area (Å²) in [6.45, 7) is 7.74. The largest absolute Gasteiger partial charge is 0.354 e. The molecule has 1 amide bonds. The average Bonchev–Trinajstić information content (AvgIpc) is 2.47. The molecular formula is C16H28N4O. The fourth-order valence-corrected chi connectivity index (χ4v) is 2.01. The molecule has 0 atom stereocenters. The van der Waals surface area contributed by atoms with Crippen LogP contribution in [0.25, 0.3) is 0 Å². The normalized spacial score (nSPS) is 10.4. The first-order valence-electron chi connectivity index (χ1n) is 8.05. The molecule has 5 heteroatoms. The van der Waals surface area contributed by atoms with E-state index in [0.717, 1.165) is 37.9 Å². The lowest BCUT2D eigenvalue weighted by Crippen LogP contribution is -2.26. The van der Waals surface area contributed by atoms with Gasteiger partial charge in [0, 0.05) is 18.8 Å². The van der Waals surface area contributed by atoms with E-state index in [1.807, 2.05) is 6.92 Å². The van der Waals surface area contributed by atoms with Gasteiger partial charge in [-0.15, -0.1) is 0 Å². The predicted octanol–water partition coefficient (Wildman–Crippen LogP) is 3.31. The van der Waals surface area contributed by atoms with Crippen LogP contribution in [-0.4, -0.2) is 29.0 Å². The Hall–Kier alpha value is -1.65. The number of amides is 1. The number of nitrogens with one attached hydrogen (secondary N) is 2. The minimum Gasteiger partial charge on any atom is -0.354 e. The van der Waals surface area contributed by atoms with Crippen LogP contribution in [0.2, 0.25) is 0 Å². The molecule has 118 valence electrons. The van der Waals surface area contributed by atoms with Gasteiger partial charge in [0.2, 0.25) is 5.95 Å². The highest BCUT2D eigenvalue weighted by molar-refractivity contribution is 5.92. The Kier molecular flexibility index (Phi) is 8.40. The van der Waals surface area contributed by atoms with Crippen molar-refractivity contribution in [1.82, 2.24) is 15.3 Å². The molecule has 0 fully saturated rings. The number of rotatable bonds is 10. The van der Waals surface area contributed by atoms with Gasteiger partial charge in [-0.1, -0.05) is 39.5 Å². The van der Waals surface area contributed by atoms with Crippen LogP contribution >= 0.6 is 0 Å². The fraction of sp³-hybridized carbons (Fsp3) is 0.688. The highest BCUT2D eigenvalue weighted by Crippen LogP contribution is 2.06. The van der Waals surface area contributed by atoms with Crippen molar-refractivity contribution >= 4 is 11.9 Å². The van der Waals surface area contributed by atoms with Gasteiger partial charge in [-0.2, -0.15) is 0 Å². The Morgan fingerprint density at radius 1 is 1.05 bits per heavy atom. The number of unbranched alkanes of at least 4 members (excludes halogenated alkanes) is 4. The molecule has 0 aromatic carbocycles. The van der Waals surface area contributed by atoms with Gasteiger partial charge in [0.1, 0.15) is 5.69 Å². The Morgan fingerprint density at radius 3 is 2.38 bits per heavy atom. The number of carbonyl (C=O) groups is 1. The highest BCUT2D eigenvalue weighted by atomic mass is 16.1. The van der Waals surface area contributed by atoms with Crippen LogP contribution in [0, 0.1) is 6.92 Å². The Bertz CT molecular complexity index is 434. The minimum atomic E-state index is -0.117. The Morgan fingerprint density at radius 2 is 1.71 bits per heavy atom. The summed E-state index contributed by atoms with van der Waals surface area (Å²) in [6.07, 6.45) is 6.74. The number of aromatic nitrogens is 2. The third-order valence-corrected chi connectivity index (χ3v) is 3.22. The van der Waals surface area contributed by atoms with E-state index in [1.54, 1.807) is 6.07 Å². The van der Waals surface area contributed by atoms with Crippen LogP contribution in [0.3, 0.4) is 0 Å². The van der Waals surface area contributed by atoms with Crippen LogP contribution in [-0.2, 0) is 0 Å². The van der Waals surface area contributed by atoms with Gasteiger partial charge in [-0.3, -0.25) is 4.79 Å². The predicted molar refractivity (Wildman–Crippen MR) is 86.6 cm³/mol. The smallest absolute Gasteiger partial charge is 0.270 e. The molecule has 0 saturated heterocycles. The topological polar surface area (TPSA) is 66.9 Å². The van der Waals surface area contributed by atoms with Crippen LogP contribution < -0.4 is 10.6 Å². The van der Waals surface area contributed by atoms with Crippen LogP contribution in [0.5, 0.6) is 0 Å². The SMILES string of the molecule is CCCCCNC(=O)c1cc(C)nc(NCCCCC)n1. The first kappa shape index (κ1) is 17.4. The monoisotopic (exact) mass is 292 g/mol. The van der Waals surface area contributed by atoms with E-state index in [4.69, 9.17) is 0 Å². The molecule has 0 aliphatic heterocycles. The zero-order chi connectivity index (χ0) is 15.5. The lowest BCUT2D eigenvalue weighted by molar-refractivity contribution is 0.0948. The van der Waals surface area contributed by atoms with Crippen LogP contribution in [0.15, 0.2) is 6.07 Å². The second-order valence-electron chi connectivity index (χ2n) is 5.32. The number of aryl methyl sites for hydroxylation is 1. The van der Waals surface area contributed by atoms with Crippen molar-refractivity contribution < 1.29 is 4.79 Å². The van der Waals surface area contributed by atoms with Crippen LogP contribution in [0.1, 0.15) is 68.6 Å². The fourth-order valence-electron chi connectivity index (χ4n) is 2.01. The molecule has 1 heterocycles. The summed E-state index contributed by atoms with van der Waals surface area (Å²) in [6, 6.07) is 1.73. The molecule has 2 N–H and O–H groups in total. The number of carbonyl (C=O) groups excluding carboxylic acids is 1. The van der Waals surface area contributed by atoms with Gasteiger partial charge in [0.15, 0.2) is 0 Å². The molecule has 0 spiro atoms. The first-order chi connectivity index (χ1) is 10.2. The van der Waals surface area contributed by atoms with Crippen molar-refractivity contribution in [1.29, 1.82) is 0 Å². The van der Waals surface area contributed by atoms with E-state index in [0.29, 0.717) is 18.2 Å². The van der Waals surface area contributed by atoms with Gasteiger partial charge in [0.05, 0.1) is 0 Å². The summed E-state index contributed by atoms with van der Waals surface area (Å²) < 4.78 is 0. The second-order valence-corrected chi connectivity index (χ2v) is 5.32. The maximum Gasteiger partial charge on any atom is 0.270 e. The summed E-state index contributed by atoms with van der Waals surface area (Å²) in [5.41, 5.74) is 1.25. The van der Waals surface area contributed by atoms with E-state index < -0.39 is 0 Å². The number of anilines is 1. The zero-order valence-corrected chi connectivity index (χ0v) is 13.5. The first-order valence-corrected chi connectivity index (χ1v) is 8.05. The molecule has 5 nitrogen and oxygen atoms in total. The van der Waals surface area contributed by atoms with Gasteiger partial charge in [-0.05, 0) is 25.8 Å². The maximum atomic E-state index is 12.1. The maximum absolute atomic E-state index is 12.1. The molecule has 1 rings (SSSR count). The Labute approximate surface area is 128 Å². The van der Waals surface area contributed by atoms with E-state index in [9.17, 15) is 4.79 Å². The lowest BCUT2D eigenvalue weighted by Gasteiger charge is -2.08. The average molecular weight is 292 g/mol. The molecule has 0 aliphatic rings. The lowest BCUT2D eigenvalue weighted by atomic mass is 10.2. The molecule has 0 saturated carbocycles. The zero-order valence-electron chi connectivity index (χ0n) is 13.5. The second kappa shape index (κ2) is 10.1. The van der Waals surface area contributed by atoms with E-state index in [1.165, 1.54) is 12.8 Å². The number of hydrogen-bond donors (Lipinski definition) is 2. The quantitative estimate of drug-likeness (QED) is 0.649. The number of nitrogens with zero attached hydrogens (tertiary/aromatic N) is 2. The molecule has 0 radical (unpaired) electrons. The minimum absolute atomic E-state index is 0.117. The van der Waals surface area contributed by atoms with E-state index >= 15 is 0 Å². The van der Waals surface area contributed by atoms with Crippen molar-refractivity contribution in [3.8, 4) is 0 Å². The summed E-state index contributed by atoms with van der Waals surface area (Å²) in [7, 11) is 0. The summed E-state index contributed by atoms with van der Waals surface area (Å²) in [5, 5.41) is 6.10. The summed E-state index contributed by atoms with van der Waals surface area (Å²) in [4.78, 5) is 20.7. The summed E-state index contributed by atoms with van der Waals surface area (Å²) >= 11 is 0. The van der Waals surface area contributed by atoms with Crippen molar-refractivity contribution in [2.24, 2.45) is 0 Å². The molecule has 21 heavy (non-hydrogen) atoms. The van der Waals surface area contributed by atoms with Gasteiger partial charge < -0.3 is 10.6 Å². The van der Waals surface area contributed by atoms with E-state index in [2.05, 4.69) is 34.4 Å². The molecular weight excluding hydrogens is 264 g/mol. The van der Waals surface area contributed by atoms with Gasteiger partial charge >= 0.3 is 0 Å². The van der Waals surface area contributed by atoms with Gasteiger partial charge in [-0.25, -0.2) is 9.97 Å². The highest BCUT2D eigenvalue weighted by Gasteiger charge is 2.09.